The summed E-state index contributed by atoms with van der Waals surface area (Å²) in [5.41, 5.74) is 5.19. The van der Waals surface area contributed by atoms with Gasteiger partial charge in [0.05, 0.1) is 18.4 Å². The smallest absolute Gasteiger partial charge is 0.271 e. The van der Waals surface area contributed by atoms with E-state index in [1.165, 1.54) is 16.9 Å². The number of halogens is 1. The minimum atomic E-state index is 0.0104. The van der Waals surface area contributed by atoms with E-state index in [-0.39, 0.29) is 5.56 Å². The summed E-state index contributed by atoms with van der Waals surface area (Å²) in [7, 11) is 0. The van der Waals surface area contributed by atoms with Gasteiger partial charge in [0.2, 0.25) is 0 Å². The van der Waals surface area contributed by atoms with Crippen LogP contribution in [0.1, 0.15) is 11.1 Å². The Bertz CT molecular complexity index is 1100. The van der Waals surface area contributed by atoms with Crippen LogP contribution in [0.15, 0.2) is 69.5 Å². The second-order valence-corrected chi connectivity index (χ2v) is 7.79. The van der Waals surface area contributed by atoms with Crippen LogP contribution in [0.25, 0.3) is 21.3 Å². The van der Waals surface area contributed by atoms with Crippen molar-refractivity contribution in [2.45, 2.75) is 13.5 Å². The molecule has 0 radical (unpaired) electrons. The molecule has 0 aliphatic rings. The first-order valence-electron chi connectivity index (χ1n) is 7.90. The molecule has 0 saturated carbocycles. The monoisotopic (exact) mass is 410 g/mol. The lowest BCUT2D eigenvalue weighted by atomic mass is 10.1. The highest BCUT2D eigenvalue weighted by atomic mass is 79.9. The lowest BCUT2D eigenvalue weighted by molar-refractivity contribution is 0.750. The van der Waals surface area contributed by atoms with Gasteiger partial charge in [-0.1, -0.05) is 57.9 Å². The van der Waals surface area contributed by atoms with Crippen molar-refractivity contribution in [3.63, 3.8) is 0 Å². The first-order valence-corrected chi connectivity index (χ1v) is 9.57. The predicted octanol–water partition coefficient (Wildman–Crippen LogP) is 5.24. The maximum atomic E-state index is 12.8. The van der Waals surface area contributed by atoms with Crippen LogP contribution in [0.2, 0.25) is 0 Å². The molecule has 0 saturated heterocycles. The molecule has 4 aromatic rings. The number of rotatable bonds is 3. The zero-order chi connectivity index (χ0) is 17.4. The first kappa shape index (κ1) is 16.2. The van der Waals surface area contributed by atoms with E-state index in [1.54, 1.807) is 10.9 Å². The van der Waals surface area contributed by atoms with Crippen molar-refractivity contribution in [3.05, 3.63) is 86.2 Å². The third-order valence-corrected chi connectivity index (χ3v) is 5.66. The van der Waals surface area contributed by atoms with Gasteiger partial charge in [-0.2, -0.15) is 0 Å². The lowest BCUT2D eigenvalue weighted by Gasteiger charge is -2.06. The Hall–Kier alpha value is -2.24. The van der Waals surface area contributed by atoms with Crippen LogP contribution < -0.4 is 5.56 Å². The number of fused-ring (bicyclic) bond motifs is 1. The summed E-state index contributed by atoms with van der Waals surface area (Å²) < 4.78 is 3.40. The summed E-state index contributed by atoms with van der Waals surface area (Å²) in [5, 5.41) is 2.02. The van der Waals surface area contributed by atoms with Crippen molar-refractivity contribution in [2.75, 3.05) is 0 Å². The fourth-order valence-corrected chi connectivity index (χ4v) is 4.02. The predicted molar refractivity (Wildman–Crippen MR) is 107 cm³/mol. The molecular formula is C20H15BrN2OS. The Balaban J connectivity index is 1.75. The highest BCUT2D eigenvalue weighted by Gasteiger charge is 2.12. The van der Waals surface area contributed by atoms with E-state index >= 15 is 0 Å². The van der Waals surface area contributed by atoms with E-state index in [2.05, 4.69) is 52.1 Å². The topological polar surface area (TPSA) is 34.9 Å². The van der Waals surface area contributed by atoms with E-state index in [0.717, 1.165) is 26.7 Å². The highest BCUT2D eigenvalue weighted by molar-refractivity contribution is 9.10. The van der Waals surface area contributed by atoms with Gasteiger partial charge in [-0.3, -0.25) is 9.36 Å². The molecule has 0 amide bonds. The van der Waals surface area contributed by atoms with E-state index in [0.29, 0.717) is 11.2 Å². The number of thiophene rings is 1. The molecule has 0 atom stereocenters. The largest absolute Gasteiger partial charge is 0.294 e. The summed E-state index contributed by atoms with van der Waals surface area (Å²) in [6, 6.07) is 16.3. The number of nitrogens with zero attached hydrogens (tertiary/aromatic N) is 2. The molecule has 4 rings (SSSR count). The Kier molecular flexibility index (Phi) is 4.27. The maximum absolute atomic E-state index is 12.8. The van der Waals surface area contributed by atoms with Crippen LogP contribution in [0.4, 0.5) is 0 Å². The molecule has 0 spiro atoms. The van der Waals surface area contributed by atoms with Gasteiger partial charge in [0.15, 0.2) is 0 Å². The van der Waals surface area contributed by atoms with Crippen LogP contribution in [-0.4, -0.2) is 9.55 Å². The quantitative estimate of drug-likeness (QED) is 0.462. The van der Waals surface area contributed by atoms with Crippen molar-refractivity contribution >= 4 is 37.5 Å². The first-order chi connectivity index (χ1) is 12.1. The Morgan fingerprint density at radius 2 is 1.80 bits per heavy atom. The highest BCUT2D eigenvalue weighted by Crippen LogP contribution is 2.30. The Morgan fingerprint density at radius 1 is 1.08 bits per heavy atom. The third-order valence-electron chi connectivity index (χ3n) is 4.17. The van der Waals surface area contributed by atoms with E-state index in [9.17, 15) is 4.79 Å². The average molecular weight is 411 g/mol. The van der Waals surface area contributed by atoms with Crippen LogP contribution in [0.3, 0.4) is 0 Å². The van der Waals surface area contributed by atoms with Crippen LogP contribution in [0.5, 0.6) is 0 Å². The molecule has 124 valence electrons. The summed E-state index contributed by atoms with van der Waals surface area (Å²) in [6.45, 7) is 2.58. The van der Waals surface area contributed by atoms with Crippen molar-refractivity contribution in [1.82, 2.24) is 9.55 Å². The molecule has 2 aromatic carbocycles. The van der Waals surface area contributed by atoms with Crippen molar-refractivity contribution in [3.8, 4) is 11.1 Å². The average Bonchev–Trinajstić information content (AvgIpc) is 3.05. The van der Waals surface area contributed by atoms with Crippen molar-refractivity contribution < 1.29 is 0 Å². The van der Waals surface area contributed by atoms with E-state index in [1.807, 2.05) is 29.6 Å². The van der Waals surface area contributed by atoms with Gasteiger partial charge < -0.3 is 0 Å². The molecule has 2 aromatic heterocycles. The SMILES string of the molecule is Cc1ccc(-c2csc3c(=O)n(Cc4ccc(Br)cc4)cnc23)cc1. The van der Waals surface area contributed by atoms with Gasteiger partial charge in [-0.05, 0) is 30.2 Å². The molecule has 0 fully saturated rings. The zero-order valence-electron chi connectivity index (χ0n) is 13.6. The fourth-order valence-electron chi connectivity index (χ4n) is 2.78. The molecular weight excluding hydrogens is 396 g/mol. The fraction of sp³-hybridized carbons (Fsp3) is 0.100. The van der Waals surface area contributed by atoms with Gasteiger partial charge in [0.25, 0.3) is 5.56 Å². The van der Waals surface area contributed by atoms with Gasteiger partial charge >= 0.3 is 0 Å². The molecule has 0 aliphatic carbocycles. The summed E-state index contributed by atoms with van der Waals surface area (Å²) in [6.07, 6.45) is 1.65. The molecule has 5 heteroatoms. The van der Waals surface area contributed by atoms with Gasteiger partial charge in [-0.15, -0.1) is 11.3 Å². The lowest BCUT2D eigenvalue weighted by Crippen LogP contribution is -2.20. The molecule has 25 heavy (non-hydrogen) atoms. The molecule has 0 aliphatic heterocycles. The second kappa shape index (κ2) is 6.58. The van der Waals surface area contributed by atoms with Gasteiger partial charge in [-0.25, -0.2) is 4.98 Å². The standard InChI is InChI=1S/C20H15BrN2OS/c1-13-2-6-15(7-3-13)17-11-25-19-18(17)22-12-23(20(19)24)10-14-4-8-16(21)9-5-14/h2-9,11-12H,10H2,1H3. The summed E-state index contributed by atoms with van der Waals surface area (Å²) in [4.78, 5) is 17.4. The number of hydrogen-bond donors (Lipinski definition) is 0. The molecule has 3 nitrogen and oxygen atoms in total. The number of aryl methyl sites for hydroxylation is 1. The van der Waals surface area contributed by atoms with Crippen molar-refractivity contribution in [2.24, 2.45) is 0 Å². The normalized spacial score (nSPS) is 11.1. The molecule has 0 unspecified atom stereocenters. The second-order valence-electron chi connectivity index (χ2n) is 6.00. The molecule has 2 heterocycles. The molecule has 0 N–H and O–H groups in total. The van der Waals surface area contributed by atoms with Crippen molar-refractivity contribution in [1.29, 1.82) is 0 Å². The maximum Gasteiger partial charge on any atom is 0.271 e. The number of benzene rings is 2. The minimum Gasteiger partial charge on any atom is -0.294 e. The Labute approximate surface area is 157 Å². The summed E-state index contributed by atoms with van der Waals surface area (Å²) in [5.74, 6) is 0. The van der Waals surface area contributed by atoms with Crippen LogP contribution >= 0.6 is 27.3 Å². The third kappa shape index (κ3) is 3.17. The number of hydrogen-bond acceptors (Lipinski definition) is 3. The summed E-state index contributed by atoms with van der Waals surface area (Å²) >= 11 is 4.89. The van der Waals surface area contributed by atoms with Crippen LogP contribution in [0, 0.1) is 6.92 Å². The van der Waals surface area contributed by atoms with Gasteiger partial charge in [0.1, 0.15) is 4.70 Å². The van der Waals surface area contributed by atoms with E-state index < -0.39 is 0 Å². The zero-order valence-corrected chi connectivity index (χ0v) is 16.0. The Morgan fingerprint density at radius 3 is 2.52 bits per heavy atom. The van der Waals surface area contributed by atoms with Crippen LogP contribution in [-0.2, 0) is 6.54 Å². The van der Waals surface area contributed by atoms with E-state index in [4.69, 9.17) is 0 Å². The molecule has 0 bridgehead atoms. The number of aromatic nitrogens is 2. The minimum absolute atomic E-state index is 0.0104. The van der Waals surface area contributed by atoms with Gasteiger partial charge in [0, 0.05) is 15.4 Å².